The van der Waals surface area contributed by atoms with Gasteiger partial charge in [0.15, 0.2) is 0 Å². The van der Waals surface area contributed by atoms with Crippen LogP contribution < -0.4 is 5.63 Å². The lowest BCUT2D eigenvalue weighted by Gasteiger charge is -1.97. The average molecular weight is 330 g/mol. The van der Waals surface area contributed by atoms with Crippen LogP contribution in [-0.4, -0.2) is 9.55 Å². The zero-order chi connectivity index (χ0) is 17.2. The second-order valence-electron chi connectivity index (χ2n) is 5.58. The molecule has 2 aromatic heterocycles. The number of azo groups is 1. The van der Waals surface area contributed by atoms with Crippen molar-refractivity contribution in [2.24, 2.45) is 17.3 Å². The van der Waals surface area contributed by atoms with Crippen molar-refractivity contribution >= 4 is 22.6 Å². The van der Waals surface area contributed by atoms with Gasteiger partial charge in [-0.2, -0.15) is 0 Å². The highest BCUT2D eigenvalue weighted by Gasteiger charge is 2.06. The third kappa shape index (κ3) is 3.10. The van der Waals surface area contributed by atoms with Gasteiger partial charge in [0, 0.05) is 30.3 Å². The summed E-state index contributed by atoms with van der Waals surface area (Å²) in [5, 5.41) is 9.26. The van der Waals surface area contributed by atoms with Crippen LogP contribution in [0.25, 0.3) is 22.2 Å². The summed E-state index contributed by atoms with van der Waals surface area (Å²) in [6.07, 6.45) is 1.92. The Morgan fingerprint density at radius 1 is 1.00 bits per heavy atom. The van der Waals surface area contributed by atoms with Crippen molar-refractivity contribution in [3.05, 3.63) is 77.3 Å². The van der Waals surface area contributed by atoms with E-state index in [2.05, 4.69) is 15.2 Å². The van der Waals surface area contributed by atoms with E-state index in [1.54, 1.807) is 18.2 Å². The molecule has 0 saturated heterocycles. The van der Waals surface area contributed by atoms with Crippen LogP contribution in [-0.2, 0) is 7.05 Å². The van der Waals surface area contributed by atoms with E-state index in [0.29, 0.717) is 17.2 Å². The molecule has 0 saturated carbocycles. The molecule has 0 aliphatic carbocycles. The van der Waals surface area contributed by atoms with Gasteiger partial charge < -0.3 is 8.98 Å². The number of nitrogens with zero attached hydrogens (tertiary/aromatic N) is 4. The smallest absolute Gasteiger partial charge is 0.336 e. The first kappa shape index (κ1) is 15.0. The molecule has 2 aromatic carbocycles. The number of rotatable bonds is 3. The molecule has 0 amide bonds. The van der Waals surface area contributed by atoms with Crippen LogP contribution in [0.5, 0.6) is 0 Å². The van der Waals surface area contributed by atoms with Crippen LogP contribution in [0.2, 0.25) is 0 Å². The van der Waals surface area contributed by atoms with Crippen molar-refractivity contribution in [3.63, 3.8) is 0 Å². The molecule has 0 aliphatic rings. The minimum atomic E-state index is -0.372. The second-order valence-corrected chi connectivity index (χ2v) is 5.58. The maximum atomic E-state index is 11.2. The zero-order valence-electron chi connectivity index (χ0n) is 13.5. The van der Waals surface area contributed by atoms with E-state index in [-0.39, 0.29) is 5.63 Å². The summed E-state index contributed by atoms with van der Waals surface area (Å²) < 4.78 is 6.93. The molecule has 0 aliphatic heterocycles. The molecule has 0 atom stereocenters. The topological polar surface area (TPSA) is 72.8 Å². The van der Waals surface area contributed by atoms with E-state index in [1.807, 2.05) is 54.2 Å². The SMILES string of the molecule is Cn1cc(-c2ccccc2)nc1N=Nc1ccc2oc(=O)ccc2c1. The minimum absolute atomic E-state index is 0.372. The van der Waals surface area contributed by atoms with Crippen LogP contribution in [0.4, 0.5) is 11.6 Å². The first-order valence-corrected chi connectivity index (χ1v) is 7.73. The molecule has 6 nitrogen and oxygen atoms in total. The molecule has 0 bridgehead atoms. The molecule has 2 heterocycles. The van der Waals surface area contributed by atoms with Gasteiger partial charge in [-0.25, -0.2) is 9.78 Å². The van der Waals surface area contributed by atoms with Crippen molar-refractivity contribution in [1.82, 2.24) is 9.55 Å². The van der Waals surface area contributed by atoms with Gasteiger partial charge in [0.25, 0.3) is 0 Å². The van der Waals surface area contributed by atoms with Gasteiger partial charge >= 0.3 is 5.63 Å². The fraction of sp³-hybridized carbons (Fsp3) is 0.0526. The quantitative estimate of drug-likeness (QED) is 0.407. The molecular formula is C19H14N4O2. The lowest BCUT2D eigenvalue weighted by molar-refractivity contribution is 0.561. The second kappa shape index (κ2) is 6.16. The molecule has 25 heavy (non-hydrogen) atoms. The molecule has 4 rings (SSSR count). The Kier molecular flexibility index (Phi) is 3.70. The summed E-state index contributed by atoms with van der Waals surface area (Å²) in [6.45, 7) is 0. The highest BCUT2D eigenvalue weighted by molar-refractivity contribution is 5.79. The van der Waals surface area contributed by atoms with Crippen molar-refractivity contribution < 1.29 is 4.42 Å². The fourth-order valence-corrected chi connectivity index (χ4v) is 2.52. The van der Waals surface area contributed by atoms with Crippen molar-refractivity contribution in [3.8, 4) is 11.3 Å². The van der Waals surface area contributed by atoms with Gasteiger partial charge in [-0.3, -0.25) is 0 Å². The highest BCUT2D eigenvalue weighted by atomic mass is 16.4. The Morgan fingerprint density at radius 2 is 1.84 bits per heavy atom. The van der Waals surface area contributed by atoms with Crippen LogP contribution >= 0.6 is 0 Å². The van der Waals surface area contributed by atoms with Crippen molar-refractivity contribution in [1.29, 1.82) is 0 Å². The summed E-state index contributed by atoms with van der Waals surface area (Å²) in [7, 11) is 1.88. The molecule has 0 radical (unpaired) electrons. The normalized spacial score (nSPS) is 11.4. The summed E-state index contributed by atoms with van der Waals surface area (Å²) in [4.78, 5) is 15.7. The van der Waals surface area contributed by atoms with Crippen LogP contribution in [0.15, 0.2) is 86.3 Å². The van der Waals surface area contributed by atoms with Crippen LogP contribution in [0, 0.1) is 0 Å². The first-order valence-electron chi connectivity index (χ1n) is 7.73. The molecule has 6 heteroatoms. The molecule has 122 valence electrons. The third-order valence-electron chi connectivity index (χ3n) is 3.78. The van der Waals surface area contributed by atoms with E-state index < -0.39 is 0 Å². The Labute approximate surface area is 143 Å². The van der Waals surface area contributed by atoms with E-state index in [0.717, 1.165) is 16.6 Å². The van der Waals surface area contributed by atoms with E-state index in [1.165, 1.54) is 6.07 Å². The van der Waals surface area contributed by atoms with Gasteiger partial charge in [-0.15, -0.1) is 10.2 Å². The van der Waals surface area contributed by atoms with Crippen LogP contribution in [0.1, 0.15) is 0 Å². The zero-order valence-corrected chi connectivity index (χ0v) is 13.5. The largest absolute Gasteiger partial charge is 0.423 e. The summed E-state index contributed by atoms with van der Waals surface area (Å²) in [5.74, 6) is 0.513. The number of hydrogen-bond donors (Lipinski definition) is 0. The van der Waals surface area contributed by atoms with Gasteiger partial charge in [-0.05, 0) is 24.3 Å². The molecule has 0 unspecified atom stereocenters. The number of aromatic nitrogens is 2. The van der Waals surface area contributed by atoms with Gasteiger partial charge in [-0.1, -0.05) is 30.3 Å². The van der Waals surface area contributed by atoms with E-state index in [4.69, 9.17) is 4.42 Å². The highest BCUT2D eigenvalue weighted by Crippen LogP contribution is 2.24. The fourth-order valence-electron chi connectivity index (χ4n) is 2.52. The van der Waals surface area contributed by atoms with Gasteiger partial charge in [0.2, 0.25) is 5.95 Å². The summed E-state index contributed by atoms with van der Waals surface area (Å²) in [5.41, 5.74) is 2.68. The lowest BCUT2D eigenvalue weighted by atomic mass is 10.2. The standard InChI is InChI=1S/C19H14N4O2/c1-23-12-16(13-5-3-2-4-6-13)20-19(23)22-21-15-8-9-17-14(11-15)7-10-18(24)25-17/h2-12H,1H3. The predicted molar refractivity (Wildman–Crippen MR) is 95.3 cm³/mol. The van der Waals surface area contributed by atoms with E-state index >= 15 is 0 Å². The summed E-state index contributed by atoms with van der Waals surface area (Å²) in [6, 6.07) is 18.3. The maximum Gasteiger partial charge on any atom is 0.336 e. The predicted octanol–water partition coefficient (Wildman–Crippen LogP) is 4.61. The minimum Gasteiger partial charge on any atom is -0.423 e. The Bertz CT molecular complexity index is 1130. The first-order chi connectivity index (χ1) is 12.2. The average Bonchev–Trinajstić information content (AvgIpc) is 3.01. The molecular weight excluding hydrogens is 316 g/mol. The van der Waals surface area contributed by atoms with E-state index in [9.17, 15) is 4.79 Å². The maximum absolute atomic E-state index is 11.2. The number of imidazole rings is 1. The number of aryl methyl sites for hydroxylation is 1. The number of benzene rings is 2. The summed E-state index contributed by atoms with van der Waals surface area (Å²) >= 11 is 0. The van der Waals surface area contributed by atoms with Crippen molar-refractivity contribution in [2.75, 3.05) is 0 Å². The number of hydrogen-bond acceptors (Lipinski definition) is 5. The molecule has 0 spiro atoms. The Hall–Kier alpha value is -3.54. The third-order valence-corrected chi connectivity index (χ3v) is 3.78. The van der Waals surface area contributed by atoms with Gasteiger partial charge in [0.05, 0.1) is 11.4 Å². The number of fused-ring (bicyclic) bond motifs is 1. The lowest BCUT2D eigenvalue weighted by Crippen LogP contribution is -1.93. The molecule has 4 aromatic rings. The van der Waals surface area contributed by atoms with Gasteiger partial charge in [0.1, 0.15) is 5.58 Å². The monoisotopic (exact) mass is 330 g/mol. The molecule has 0 fully saturated rings. The Balaban J connectivity index is 1.65. The molecule has 0 N–H and O–H groups in total. The Morgan fingerprint density at radius 3 is 2.68 bits per heavy atom. The van der Waals surface area contributed by atoms with Crippen molar-refractivity contribution in [2.45, 2.75) is 0 Å². The van der Waals surface area contributed by atoms with Crippen LogP contribution in [0.3, 0.4) is 0 Å².